The van der Waals surface area contributed by atoms with Crippen LogP contribution in [0.1, 0.15) is 60.0 Å². The summed E-state index contributed by atoms with van der Waals surface area (Å²) in [5.41, 5.74) is 4.63. The number of nitrogens with one attached hydrogen (secondary N) is 1. The van der Waals surface area contributed by atoms with Gasteiger partial charge in [-0.2, -0.15) is 0 Å². The van der Waals surface area contributed by atoms with Gasteiger partial charge in [-0.25, -0.2) is 4.79 Å². The molecule has 184 valence electrons. The summed E-state index contributed by atoms with van der Waals surface area (Å²) < 4.78 is 12.9. The second kappa shape index (κ2) is 10.2. The summed E-state index contributed by atoms with van der Waals surface area (Å²) in [5, 5.41) is 4.01. The zero-order valence-corrected chi connectivity index (χ0v) is 21.0. The number of amides is 2. The number of benzene rings is 1. The number of hydrogen-bond acceptors (Lipinski definition) is 5. The number of esters is 1. The summed E-state index contributed by atoms with van der Waals surface area (Å²) in [5.74, 6) is 0.358. The molecule has 1 aromatic carbocycles. The third-order valence-corrected chi connectivity index (χ3v) is 7.97. The fourth-order valence-electron chi connectivity index (χ4n) is 5.11. The van der Waals surface area contributed by atoms with Crippen LogP contribution >= 0.6 is 11.3 Å². The van der Waals surface area contributed by atoms with E-state index in [4.69, 9.17) is 9.47 Å². The minimum absolute atomic E-state index is 0.158. The number of nitrogens with zero attached hydrogens (tertiary/aromatic N) is 2. The number of rotatable bonds is 6. The Morgan fingerprint density at radius 1 is 1.06 bits per heavy atom. The van der Waals surface area contributed by atoms with Crippen LogP contribution in [0.15, 0.2) is 42.6 Å². The Bertz CT molecular complexity index is 1210. The summed E-state index contributed by atoms with van der Waals surface area (Å²) in [6.07, 6.45) is 6.62. The van der Waals surface area contributed by atoms with E-state index in [-0.39, 0.29) is 25.2 Å². The van der Waals surface area contributed by atoms with Crippen molar-refractivity contribution < 1.29 is 19.1 Å². The van der Waals surface area contributed by atoms with Gasteiger partial charge in [0.25, 0.3) is 0 Å². The summed E-state index contributed by atoms with van der Waals surface area (Å²) in [4.78, 5) is 28.9. The van der Waals surface area contributed by atoms with Crippen LogP contribution in [0.5, 0.6) is 5.75 Å². The summed E-state index contributed by atoms with van der Waals surface area (Å²) in [7, 11) is 0. The highest BCUT2D eigenvalue weighted by Gasteiger charge is 2.36. The van der Waals surface area contributed by atoms with Crippen LogP contribution in [0.25, 0.3) is 5.00 Å². The molecule has 1 aliphatic carbocycles. The molecule has 1 N–H and O–H groups in total. The van der Waals surface area contributed by atoms with Gasteiger partial charge in [0.15, 0.2) is 0 Å². The van der Waals surface area contributed by atoms with Crippen molar-refractivity contribution in [3.05, 3.63) is 69.9 Å². The standard InChI is InChI=1S/C27H31N3O4S/c1-3-33-19-13-11-18(12-14-19)25-22-9-7-15-29(22)26-21(20-8-5-6-10-23(20)35-26)17-30(25)27(32)28-16-24(31)34-4-2/h7,9,11-15,25H,3-6,8,10,16-17H2,1-2H3,(H,28,32)/t25-/m1/s1. The Morgan fingerprint density at radius 3 is 2.63 bits per heavy atom. The number of hydrogen-bond donors (Lipinski definition) is 1. The first-order chi connectivity index (χ1) is 17.1. The number of fused-ring (bicyclic) bond motifs is 5. The lowest BCUT2D eigenvalue weighted by atomic mass is 9.95. The fourth-order valence-corrected chi connectivity index (χ4v) is 6.52. The molecule has 0 saturated carbocycles. The van der Waals surface area contributed by atoms with Crippen LogP contribution in [-0.2, 0) is 28.9 Å². The molecule has 2 aromatic heterocycles. The third-order valence-electron chi connectivity index (χ3n) is 6.64. The van der Waals surface area contributed by atoms with Crippen LogP contribution in [0.3, 0.4) is 0 Å². The molecule has 35 heavy (non-hydrogen) atoms. The van der Waals surface area contributed by atoms with Gasteiger partial charge in [-0.05, 0) is 74.9 Å². The normalized spacial score (nSPS) is 16.5. The molecule has 1 atom stereocenters. The number of urea groups is 1. The molecule has 3 aromatic rings. The molecule has 0 spiro atoms. The van der Waals surface area contributed by atoms with E-state index in [1.54, 1.807) is 6.92 Å². The largest absolute Gasteiger partial charge is 0.494 e. The number of thiophene rings is 1. The average Bonchev–Trinajstić information content (AvgIpc) is 3.45. The maximum Gasteiger partial charge on any atom is 0.325 e. The Balaban J connectivity index is 1.57. The molecular formula is C27H31N3O4S. The minimum atomic E-state index is -0.440. The number of carbonyl (C=O) groups is 2. The summed E-state index contributed by atoms with van der Waals surface area (Å²) >= 11 is 1.85. The monoisotopic (exact) mass is 493 g/mol. The van der Waals surface area contributed by atoms with E-state index >= 15 is 0 Å². The van der Waals surface area contributed by atoms with Gasteiger partial charge in [-0.1, -0.05) is 12.1 Å². The van der Waals surface area contributed by atoms with E-state index in [1.165, 1.54) is 33.8 Å². The van der Waals surface area contributed by atoms with Gasteiger partial charge >= 0.3 is 12.0 Å². The molecule has 1 aliphatic heterocycles. The number of ether oxygens (including phenoxy) is 2. The molecule has 0 fully saturated rings. The zero-order valence-electron chi connectivity index (χ0n) is 20.2. The van der Waals surface area contributed by atoms with Crippen LogP contribution in [0.2, 0.25) is 0 Å². The van der Waals surface area contributed by atoms with Crippen molar-refractivity contribution in [1.29, 1.82) is 0 Å². The molecule has 8 heteroatoms. The third kappa shape index (κ3) is 4.55. The number of aromatic nitrogens is 1. The maximum absolute atomic E-state index is 13.6. The molecule has 0 saturated heterocycles. The van der Waals surface area contributed by atoms with Crippen LogP contribution in [0.4, 0.5) is 4.79 Å². The smallest absolute Gasteiger partial charge is 0.325 e. The zero-order chi connectivity index (χ0) is 24.4. The van der Waals surface area contributed by atoms with Gasteiger partial charge in [-0.15, -0.1) is 11.3 Å². The lowest BCUT2D eigenvalue weighted by Crippen LogP contribution is -2.44. The lowest BCUT2D eigenvalue weighted by molar-refractivity contribution is -0.141. The lowest BCUT2D eigenvalue weighted by Gasteiger charge is -2.31. The summed E-state index contributed by atoms with van der Waals surface area (Å²) in [6, 6.07) is 11.5. The van der Waals surface area contributed by atoms with Crippen molar-refractivity contribution in [3.63, 3.8) is 0 Å². The second-order valence-electron chi connectivity index (χ2n) is 8.79. The Hall–Kier alpha value is -3.26. The minimum Gasteiger partial charge on any atom is -0.494 e. The first-order valence-electron chi connectivity index (χ1n) is 12.3. The van der Waals surface area contributed by atoms with E-state index in [0.717, 1.165) is 29.8 Å². The highest BCUT2D eigenvalue weighted by Crippen LogP contribution is 2.44. The van der Waals surface area contributed by atoms with Crippen molar-refractivity contribution in [1.82, 2.24) is 14.8 Å². The van der Waals surface area contributed by atoms with Crippen molar-refractivity contribution in [3.8, 4) is 10.8 Å². The van der Waals surface area contributed by atoms with Gasteiger partial charge in [0.2, 0.25) is 0 Å². The van der Waals surface area contributed by atoms with Gasteiger partial charge in [-0.3, -0.25) is 4.79 Å². The second-order valence-corrected chi connectivity index (χ2v) is 9.88. The predicted octanol–water partition coefficient (Wildman–Crippen LogP) is 4.99. The number of aryl methyl sites for hydroxylation is 1. The van der Waals surface area contributed by atoms with Crippen molar-refractivity contribution in [2.45, 2.75) is 52.1 Å². The molecule has 5 rings (SSSR count). The Labute approximate surface area is 209 Å². The highest BCUT2D eigenvalue weighted by molar-refractivity contribution is 7.15. The topological polar surface area (TPSA) is 72.8 Å². The SMILES string of the molecule is CCOC(=O)CNC(=O)N1Cc2c(sc3c2CCCC3)-n2cccc2[C@H]1c1ccc(OCC)cc1. The quantitative estimate of drug-likeness (QED) is 0.491. The molecule has 0 unspecified atom stereocenters. The molecule has 2 amide bonds. The molecule has 0 bridgehead atoms. The fraction of sp³-hybridized carbons (Fsp3) is 0.407. The van der Waals surface area contributed by atoms with Gasteiger partial charge in [0.05, 0.1) is 31.5 Å². The molecule has 7 nitrogen and oxygen atoms in total. The Kier molecular flexibility index (Phi) is 6.81. The Morgan fingerprint density at radius 2 is 1.86 bits per heavy atom. The first-order valence-corrected chi connectivity index (χ1v) is 13.2. The first kappa shape index (κ1) is 23.5. The average molecular weight is 494 g/mol. The predicted molar refractivity (Wildman–Crippen MR) is 135 cm³/mol. The number of carbonyl (C=O) groups excluding carboxylic acids is 2. The molecule has 3 heterocycles. The maximum atomic E-state index is 13.6. The van der Waals surface area contributed by atoms with Crippen molar-refractivity contribution >= 4 is 23.3 Å². The summed E-state index contributed by atoms with van der Waals surface area (Å²) in [6.45, 7) is 4.92. The van der Waals surface area contributed by atoms with E-state index in [2.05, 4.69) is 22.1 Å². The molecule has 2 aliphatic rings. The van der Waals surface area contributed by atoms with Gasteiger partial charge in [0, 0.05) is 16.6 Å². The molecular weight excluding hydrogens is 462 g/mol. The van der Waals surface area contributed by atoms with Gasteiger partial charge in [0.1, 0.15) is 17.3 Å². The van der Waals surface area contributed by atoms with Crippen molar-refractivity contribution in [2.75, 3.05) is 19.8 Å². The van der Waals surface area contributed by atoms with Gasteiger partial charge < -0.3 is 24.3 Å². The van der Waals surface area contributed by atoms with Crippen LogP contribution < -0.4 is 10.1 Å². The van der Waals surface area contributed by atoms with E-state index in [9.17, 15) is 9.59 Å². The molecule has 0 radical (unpaired) electrons. The highest BCUT2D eigenvalue weighted by atomic mass is 32.1. The van der Waals surface area contributed by atoms with E-state index in [1.807, 2.05) is 53.5 Å². The van der Waals surface area contributed by atoms with Crippen molar-refractivity contribution in [2.24, 2.45) is 0 Å². The van der Waals surface area contributed by atoms with E-state index < -0.39 is 5.97 Å². The van der Waals surface area contributed by atoms with E-state index in [0.29, 0.717) is 13.2 Å². The van der Waals surface area contributed by atoms with Crippen LogP contribution in [-0.4, -0.2) is 41.2 Å². The van der Waals surface area contributed by atoms with Crippen LogP contribution in [0, 0.1) is 0 Å².